The lowest BCUT2D eigenvalue weighted by atomic mass is 9.98. The first-order valence-corrected chi connectivity index (χ1v) is 8.78. The minimum Gasteiger partial charge on any atom is -0.350 e. The molecular formula is C16H27N3O4. The topological polar surface area (TPSA) is 71.1 Å². The van der Waals surface area contributed by atoms with Crippen molar-refractivity contribution >= 4 is 11.9 Å². The van der Waals surface area contributed by atoms with E-state index in [0.717, 1.165) is 45.3 Å². The second kappa shape index (κ2) is 7.97. The number of hydrogen-bond acceptors (Lipinski definition) is 4. The fourth-order valence-corrected chi connectivity index (χ4v) is 3.58. The zero-order valence-electron chi connectivity index (χ0n) is 13.7. The van der Waals surface area contributed by atoms with E-state index in [0.29, 0.717) is 32.7 Å². The van der Waals surface area contributed by atoms with Crippen molar-refractivity contribution in [2.45, 2.75) is 38.4 Å². The highest BCUT2D eigenvalue weighted by atomic mass is 16.7. The lowest BCUT2D eigenvalue weighted by molar-refractivity contribution is -0.127. The summed E-state index contributed by atoms with van der Waals surface area (Å²) in [5, 5.41) is 2.97. The Morgan fingerprint density at radius 2 is 2.04 bits per heavy atom. The largest absolute Gasteiger partial charge is 0.350 e. The van der Waals surface area contributed by atoms with Crippen LogP contribution in [-0.4, -0.2) is 74.0 Å². The van der Waals surface area contributed by atoms with E-state index in [1.165, 1.54) is 0 Å². The minimum atomic E-state index is -0.147. The van der Waals surface area contributed by atoms with Gasteiger partial charge in [0, 0.05) is 45.1 Å². The average molecular weight is 325 g/mol. The van der Waals surface area contributed by atoms with Crippen molar-refractivity contribution in [3.63, 3.8) is 0 Å². The lowest BCUT2D eigenvalue weighted by Gasteiger charge is -2.34. The second-order valence-corrected chi connectivity index (χ2v) is 6.53. The van der Waals surface area contributed by atoms with Crippen molar-refractivity contribution in [1.29, 1.82) is 0 Å². The number of amides is 3. The zero-order valence-corrected chi connectivity index (χ0v) is 13.7. The predicted octanol–water partition coefficient (Wildman–Crippen LogP) is 0.793. The van der Waals surface area contributed by atoms with Crippen LogP contribution >= 0.6 is 0 Å². The van der Waals surface area contributed by atoms with Crippen LogP contribution in [0.3, 0.4) is 0 Å². The maximum Gasteiger partial charge on any atom is 0.317 e. The van der Waals surface area contributed by atoms with Crippen molar-refractivity contribution in [3.8, 4) is 0 Å². The normalized spacial score (nSPS) is 26.1. The van der Waals surface area contributed by atoms with Crippen LogP contribution in [-0.2, 0) is 14.3 Å². The van der Waals surface area contributed by atoms with Gasteiger partial charge in [0.25, 0.3) is 0 Å². The zero-order chi connectivity index (χ0) is 16.1. The van der Waals surface area contributed by atoms with Crippen LogP contribution in [0.4, 0.5) is 4.79 Å². The molecule has 0 spiro atoms. The fraction of sp³-hybridized carbons (Fsp3) is 0.875. The quantitative estimate of drug-likeness (QED) is 0.759. The van der Waals surface area contributed by atoms with E-state index in [2.05, 4.69) is 5.32 Å². The molecule has 3 aliphatic heterocycles. The highest BCUT2D eigenvalue weighted by molar-refractivity contribution is 5.78. The molecule has 0 unspecified atom stereocenters. The van der Waals surface area contributed by atoms with Crippen LogP contribution in [0.1, 0.15) is 32.1 Å². The lowest BCUT2D eigenvalue weighted by Crippen LogP contribution is -2.48. The van der Waals surface area contributed by atoms with Gasteiger partial charge in [-0.25, -0.2) is 4.79 Å². The molecule has 7 nitrogen and oxygen atoms in total. The number of likely N-dealkylation sites (tertiary alicyclic amines) is 2. The smallest absolute Gasteiger partial charge is 0.317 e. The van der Waals surface area contributed by atoms with Crippen molar-refractivity contribution in [1.82, 2.24) is 15.1 Å². The molecule has 3 aliphatic rings. The average Bonchev–Trinajstić information content (AvgIpc) is 3.23. The van der Waals surface area contributed by atoms with Gasteiger partial charge in [-0.05, 0) is 25.7 Å². The van der Waals surface area contributed by atoms with E-state index in [9.17, 15) is 9.59 Å². The Morgan fingerprint density at radius 3 is 2.78 bits per heavy atom. The molecule has 0 aliphatic carbocycles. The molecule has 1 atom stereocenters. The number of carbonyl (C=O) groups excluding carboxylic acids is 2. The fourth-order valence-electron chi connectivity index (χ4n) is 3.58. The molecule has 3 saturated heterocycles. The molecule has 0 bridgehead atoms. The molecule has 3 fully saturated rings. The van der Waals surface area contributed by atoms with Crippen molar-refractivity contribution in [2.75, 3.05) is 45.9 Å². The molecular weight excluding hydrogens is 298 g/mol. The summed E-state index contributed by atoms with van der Waals surface area (Å²) < 4.78 is 11.1. The third-order valence-electron chi connectivity index (χ3n) is 4.83. The molecule has 0 saturated carbocycles. The number of rotatable bonds is 5. The van der Waals surface area contributed by atoms with E-state index >= 15 is 0 Å². The number of carbonyl (C=O) groups is 2. The molecule has 1 N–H and O–H groups in total. The number of hydrogen-bond donors (Lipinski definition) is 1. The van der Waals surface area contributed by atoms with Gasteiger partial charge in [-0.2, -0.15) is 0 Å². The van der Waals surface area contributed by atoms with Gasteiger partial charge < -0.3 is 24.6 Å². The highest BCUT2D eigenvalue weighted by Crippen LogP contribution is 2.24. The predicted molar refractivity (Wildman–Crippen MR) is 83.8 cm³/mol. The number of nitrogens with one attached hydrogen (secondary N) is 1. The molecule has 3 rings (SSSR count). The Morgan fingerprint density at radius 1 is 1.22 bits per heavy atom. The SMILES string of the molecule is O=C1CCCN1CCCNC(=O)N1CCC[C@H](C2OCCO2)C1. The first-order valence-electron chi connectivity index (χ1n) is 8.78. The Balaban J connectivity index is 1.35. The molecule has 0 aromatic carbocycles. The third-order valence-corrected chi connectivity index (χ3v) is 4.83. The molecule has 0 aromatic heterocycles. The van der Waals surface area contributed by atoms with Gasteiger partial charge in [0.15, 0.2) is 6.29 Å². The van der Waals surface area contributed by atoms with E-state index in [1.807, 2.05) is 9.80 Å². The number of nitrogens with zero attached hydrogens (tertiary/aromatic N) is 2. The maximum absolute atomic E-state index is 12.3. The van der Waals surface area contributed by atoms with Crippen molar-refractivity contribution in [2.24, 2.45) is 5.92 Å². The van der Waals surface area contributed by atoms with E-state index < -0.39 is 0 Å². The first kappa shape index (κ1) is 16.5. The molecule has 0 radical (unpaired) electrons. The van der Waals surface area contributed by atoms with Gasteiger partial charge in [-0.1, -0.05) is 0 Å². The highest BCUT2D eigenvalue weighted by Gasteiger charge is 2.32. The standard InChI is InChI=1S/C16H27N3O4/c20-14-5-2-7-18(14)9-3-6-17-16(21)19-8-1-4-13(12-19)15-22-10-11-23-15/h13,15H,1-12H2,(H,17,21)/t13-/m0/s1. The van der Waals surface area contributed by atoms with Crippen LogP contribution in [0.15, 0.2) is 0 Å². The Bertz CT molecular complexity index is 426. The van der Waals surface area contributed by atoms with Gasteiger partial charge >= 0.3 is 6.03 Å². The minimum absolute atomic E-state index is 0.0135. The summed E-state index contributed by atoms with van der Waals surface area (Å²) in [5.74, 6) is 0.519. The van der Waals surface area contributed by atoms with Gasteiger partial charge in [-0.15, -0.1) is 0 Å². The monoisotopic (exact) mass is 325 g/mol. The summed E-state index contributed by atoms with van der Waals surface area (Å²) in [6.45, 7) is 5.01. The van der Waals surface area contributed by atoms with E-state index in [4.69, 9.17) is 9.47 Å². The summed E-state index contributed by atoms with van der Waals surface area (Å²) >= 11 is 0. The molecule has 3 heterocycles. The molecule has 130 valence electrons. The van der Waals surface area contributed by atoms with Crippen LogP contribution in [0, 0.1) is 5.92 Å². The Labute approximate surface area is 137 Å². The molecule has 7 heteroatoms. The summed E-state index contributed by atoms with van der Waals surface area (Å²) in [7, 11) is 0. The van der Waals surface area contributed by atoms with Crippen molar-refractivity contribution in [3.05, 3.63) is 0 Å². The third kappa shape index (κ3) is 4.35. The first-order chi connectivity index (χ1) is 11.2. The molecule has 0 aromatic rings. The van der Waals surface area contributed by atoms with Gasteiger partial charge in [-0.3, -0.25) is 4.79 Å². The van der Waals surface area contributed by atoms with Crippen LogP contribution < -0.4 is 5.32 Å². The van der Waals surface area contributed by atoms with Gasteiger partial charge in [0.2, 0.25) is 5.91 Å². The summed E-state index contributed by atoms with van der Waals surface area (Å²) in [6.07, 6.45) is 4.34. The summed E-state index contributed by atoms with van der Waals surface area (Å²) in [5.41, 5.74) is 0. The van der Waals surface area contributed by atoms with E-state index in [1.54, 1.807) is 0 Å². The number of urea groups is 1. The molecule has 3 amide bonds. The summed E-state index contributed by atoms with van der Waals surface area (Å²) in [6, 6.07) is -0.0135. The van der Waals surface area contributed by atoms with Gasteiger partial charge in [0.05, 0.1) is 13.2 Å². The maximum atomic E-state index is 12.3. The van der Waals surface area contributed by atoms with Crippen molar-refractivity contribution < 1.29 is 19.1 Å². The second-order valence-electron chi connectivity index (χ2n) is 6.53. The Hall–Kier alpha value is -1.34. The van der Waals surface area contributed by atoms with Crippen LogP contribution in [0.2, 0.25) is 0 Å². The van der Waals surface area contributed by atoms with Crippen LogP contribution in [0.5, 0.6) is 0 Å². The number of piperidine rings is 1. The van der Waals surface area contributed by atoms with Crippen LogP contribution in [0.25, 0.3) is 0 Å². The van der Waals surface area contributed by atoms with Gasteiger partial charge in [0.1, 0.15) is 0 Å². The van der Waals surface area contributed by atoms with E-state index in [-0.39, 0.29) is 24.1 Å². The summed E-state index contributed by atoms with van der Waals surface area (Å²) in [4.78, 5) is 27.5. The molecule has 23 heavy (non-hydrogen) atoms. The number of ether oxygens (including phenoxy) is 2. The Kier molecular flexibility index (Phi) is 5.72.